The van der Waals surface area contributed by atoms with Gasteiger partial charge in [0.1, 0.15) is 0 Å². The largest absolute Gasteiger partial charge is 0.393 e. The van der Waals surface area contributed by atoms with Gasteiger partial charge in [-0.3, -0.25) is 4.79 Å². The van der Waals surface area contributed by atoms with Gasteiger partial charge in [-0.2, -0.15) is 0 Å². The lowest BCUT2D eigenvalue weighted by Crippen LogP contribution is -2.54. The highest BCUT2D eigenvalue weighted by Gasteiger charge is 2.36. The molecule has 1 unspecified atom stereocenters. The van der Waals surface area contributed by atoms with Crippen molar-refractivity contribution < 1.29 is 9.90 Å². The fraction of sp³-hybridized carbons (Fsp3) is 0.938. The summed E-state index contributed by atoms with van der Waals surface area (Å²) in [5.74, 6) is 1.17. The number of piperidine rings is 1. The molecule has 0 aromatic rings. The fourth-order valence-corrected chi connectivity index (χ4v) is 3.81. The number of aliphatic hydroxyl groups is 1. The van der Waals surface area contributed by atoms with Crippen molar-refractivity contribution in [2.24, 2.45) is 5.92 Å². The molecule has 1 saturated carbocycles. The molecule has 1 atom stereocenters. The van der Waals surface area contributed by atoms with Crippen LogP contribution in [0, 0.1) is 5.92 Å². The van der Waals surface area contributed by atoms with E-state index in [9.17, 15) is 9.90 Å². The Bertz CT molecular complexity index is 308. The lowest BCUT2D eigenvalue weighted by atomic mass is 9.88. The van der Waals surface area contributed by atoms with Crippen LogP contribution < -0.4 is 0 Å². The molecule has 0 spiro atoms. The summed E-state index contributed by atoms with van der Waals surface area (Å²) in [5.41, 5.74) is -0.178. The zero-order chi connectivity index (χ0) is 13.9. The number of amides is 1. The molecule has 0 aromatic heterocycles. The summed E-state index contributed by atoms with van der Waals surface area (Å²) in [7, 11) is 0. The highest BCUT2D eigenvalue weighted by Crippen LogP contribution is 2.31. The van der Waals surface area contributed by atoms with Gasteiger partial charge in [-0.05, 0) is 45.4 Å². The average molecular weight is 267 g/mol. The van der Waals surface area contributed by atoms with Gasteiger partial charge >= 0.3 is 0 Å². The third-order valence-corrected chi connectivity index (χ3v) is 4.93. The molecule has 19 heavy (non-hydrogen) atoms. The summed E-state index contributed by atoms with van der Waals surface area (Å²) >= 11 is 0. The summed E-state index contributed by atoms with van der Waals surface area (Å²) < 4.78 is 0. The minimum absolute atomic E-state index is 0.178. The number of carbonyl (C=O) groups is 1. The van der Waals surface area contributed by atoms with Crippen LogP contribution in [0.15, 0.2) is 0 Å². The van der Waals surface area contributed by atoms with E-state index in [1.54, 1.807) is 0 Å². The van der Waals surface area contributed by atoms with Gasteiger partial charge in [-0.15, -0.1) is 0 Å². The van der Waals surface area contributed by atoms with Crippen LogP contribution in [-0.4, -0.2) is 34.1 Å². The molecule has 1 aliphatic carbocycles. The van der Waals surface area contributed by atoms with Gasteiger partial charge in [-0.25, -0.2) is 0 Å². The molecule has 0 radical (unpaired) electrons. The average Bonchev–Trinajstić information content (AvgIpc) is 2.80. The zero-order valence-corrected chi connectivity index (χ0v) is 12.5. The van der Waals surface area contributed by atoms with Gasteiger partial charge in [0.2, 0.25) is 5.91 Å². The predicted molar refractivity (Wildman–Crippen MR) is 76.8 cm³/mol. The Kier molecular flexibility index (Phi) is 4.88. The highest BCUT2D eigenvalue weighted by atomic mass is 16.3. The molecule has 2 fully saturated rings. The second-order valence-electron chi connectivity index (χ2n) is 7.05. The van der Waals surface area contributed by atoms with E-state index in [0.29, 0.717) is 12.8 Å². The van der Waals surface area contributed by atoms with E-state index < -0.39 is 0 Å². The molecule has 0 bridgehead atoms. The van der Waals surface area contributed by atoms with Crippen LogP contribution >= 0.6 is 0 Å². The lowest BCUT2D eigenvalue weighted by Gasteiger charge is -2.44. The Morgan fingerprint density at radius 2 is 1.95 bits per heavy atom. The van der Waals surface area contributed by atoms with Gasteiger partial charge in [-0.1, -0.05) is 25.7 Å². The third-order valence-electron chi connectivity index (χ3n) is 4.93. The standard InChI is InChI=1S/C16H29NO2/c1-16(2)12-14(18)10-11-17(16)15(19)9-5-8-13-6-3-4-7-13/h13-14,18H,3-12H2,1-2H3. The first-order valence-electron chi connectivity index (χ1n) is 7.97. The van der Waals surface area contributed by atoms with Crippen molar-refractivity contribution in [1.82, 2.24) is 4.90 Å². The maximum absolute atomic E-state index is 12.3. The lowest BCUT2D eigenvalue weighted by molar-refractivity contribution is -0.141. The van der Waals surface area contributed by atoms with Crippen LogP contribution in [0.2, 0.25) is 0 Å². The molecular formula is C16H29NO2. The molecule has 1 saturated heterocycles. The van der Waals surface area contributed by atoms with E-state index in [1.165, 1.54) is 32.1 Å². The number of hydrogen-bond acceptors (Lipinski definition) is 2. The van der Waals surface area contributed by atoms with Crippen LogP contribution in [0.3, 0.4) is 0 Å². The van der Waals surface area contributed by atoms with Crippen LogP contribution in [0.4, 0.5) is 0 Å². The zero-order valence-electron chi connectivity index (χ0n) is 12.5. The quantitative estimate of drug-likeness (QED) is 0.850. The molecule has 1 heterocycles. The molecule has 2 aliphatic rings. The number of aliphatic hydroxyl groups excluding tert-OH is 1. The first-order valence-corrected chi connectivity index (χ1v) is 7.97. The molecule has 1 N–H and O–H groups in total. The van der Waals surface area contributed by atoms with Gasteiger partial charge in [0.15, 0.2) is 0 Å². The Balaban J connectivity index is 1.75. The Morgan fingerprint density at radius 1 is 1.26 bits per heavy atom. The number of hydrogen-bond donors (Lipinski definition) is 1. The molecule has 3 nitrogen and oxygen atoms in total. The fourth-order valence-electron chi connectivity index (χ4n) is 3.81. The third kappa shape index (κ3) is 3.95. The van der Waals surface area contributed by atoms with Gasteiger partial charge < -0.3 is 10.0 Å². The van der Waals surface area contributed by atoms with Crippen LogP contribution in [0.1, 0.15) is 71.6 Å². The summed E-state index contributed by atoms with van der Waals surface area (Å²) in [6.07, 6.45) is 9.67. The number of nitrogens with zero attached hydrogens (tertiary/aromatic N) is 1. The van der Waals surface area contributed by atoms with Crippen LogP contribution in [0.5, 0.6) is 0 Å². The molecule has 1 amide bonds. The minimum Gasteiger partial charge on any atom is -0.393 e. The summed E-state index contributed by atoms with van der Waals surface area (Å²) in [6.45, 7) is 4.87. The van der Waals surface area contributed by atoms with E-state index in [0.717, 1.165) is 25.3 Å². The topological polar surface area (TPSA) is 40.5 Å². The van der Waals surface area contributed by atoms with E-state index in [1.807, 2.05) is 4.90 Å². The first kappa shape index (κ1) is 14.8. The number of rotatable bonds is 4. The van der Waals surface area contributed by atoms with Gasteiger partial charge in [0, 0.05) is 18.5 Å². The summed E-state index contributed by atoms with van der Waals surface area (Å²) in [6, 6.07) is 0. The van der Waals surface area contributed by atoms with E-state index in [-0.39, 0.29) is 17.6 Å². The molecule has 2 rings (SSSR count). The van der Waals surface area contributed by atoms with Gasteiger partial charge in [0.05, 0.1) is 6.10 Å². The first-order chi connectivity index (χ1) is 8.99. The highest BCUT2D eigenvalue weighted by molar-refractivity contribution is 5.77. The molecular weight excluding hydrogens is 238 g/mol. The van der Waals surface area contributed by atoms with Crippen molar-refractivity contribution in [1.29, 1.82) is 0 Å². The van der Waals surface area contributed by atoms with E-state index in [4.69, 9.17) is 0 Å². The number of likely N-dealkylation sites (tertiary alicyclic amines) is 1. The van der Waals surface area contributed by atoms with Crippen molar-refractivity contribution in [2.45, 2.75) is 83.3 Å². The van der Waals surface area contributed by atoms with Crippen LogP contribution in [-0.2, 0) is 4.79 Å². The van der Waals surface area contributed by atoms with E-state index in [2.05, 4.69) is 13.8 Å². The minimum atomic E-state index is -0.238. The normalized spacial score (nSPS) is 27.7. The second kappa shape index (κ2) is 6.25. The van der Waals surface area contributed by atoms with Crippen molar-refractivity contribution in [3.63, 3.8) is 0 Å². The Labute approximate surface area is 117 Å². The SMILES string of the molecule is CC1(C)CC(O)CCN1C(=O)CCCC1CCCC1. The maximum Gasteiger partial charge on any atom is 0.223 e. The summed E-state index contributed by atoms with van der Waals surface area (Å²) in [4.78, 5) is 14.3. The smallest absolute Gasteiger partial charge is 0.223 e. The predicted octanol–water partition coefficient (Wildman–Crippen LogP) is 3.11. The Hall–Kier alpha value is -0.570. The van der Waals surface area contributed by atoms with Crippen molar-refractivity contribution in [3.05, 3.63) is 0 Å². The van der Waals surface area contributed by atoms with Crippen molar-refractivity contribution in [3.8, 4) is 0 Å². The maximum atomic E-state index is 12.3. The molecule has 110 valence electrons. The Morgan fingerprint density at radius 3 is 2.58 bits per heavy atom. The van der Waals surface area contributed by atoms with E-state index >= 15 is 0 Å². The second-order valence-corrected chi connectivity index (χ2v) is 7.05. The van der Waals surface area contributed by atoms with Crippen LogP contribution in [0.25, 0.3) is 0 Å². The van der Waals surface area contributed by atoms with Crippen molar-refractivity contribution >= 4 is 5.91 Å². The molecule has 0 aromatic carbocycles. The number of carbonyl (C=O) groups excluding carboxylic acids is 1. The monoisotopic (exact) mass is 267 g/mol. The van der Waals surface area contributed by atoms with Gasteiger partial charge in [0.25, 0.3) is 0 Å². The molecule has 3 heteroatoms. The summed E-state index contributed by atoms with van der Waals surface area (Å²) in [5, 5.41) is 9.73. The van der Waals surface area contributed by atoms with Crippen molar-refractivity contribution in [2.75, 3.05) is 6.54 Å². The molecule has 1 aliphatic heterocycles.